The maximum absolute atomic E-state index is 13.2. The molecule has 2 saturated heterocycles. The third-order valence-corrected chi connectivity index (χ3v) is 4.91. The largest absolute Gasteiger partial charge is 0.396 e. The van der Waals surface area contributed by atoms with Crippen LogP contribution >= 0.6 is 0 Å². The van der Waals surface area contributed by atoms with E-state index in [4.69, 9.17) is 4.74 Å². The molecule has 2 amide bonds. The van der Waals surface area contributed by atoms with Crippen molar-refractivity contribution in [1.29, 1.82) is 0 Å². The molecule has 0 aromatic heterocycles. The molecule has 3 atom stereocenters. The lowest BCUT2D eigenvalue weighted by atomic mass is 9.98. The van der Waals surface area contributed by atoms with Gasteiger partial charge in [0.05, 0.1) is 12.1 Å². The zero-order valence-electron chi connectivity index (χ0n) is 13.8. The molecule has 0 aliphatic carbocycles. The first-order chi connectivity index (χ1) is 11.7. The number of likely N-dealkylation sites (tertiary alicyclic amines) is 1. The van der Waals surface area contributed by atoms with E-state index in [1.165, 1.54) is 12.1 Å². The highest BCUT2D eigenvalue weighted by Crippen LogP contribution is 2.28. The molecular formula is C18H25FN2O3. The highest BCUT2D eigenvalue weighted by Gasteiger charge is 2.31. The van der Waals surface area contributed by atoms with Crippen LogP contribution in [0.4, 0.5) is 9.18 Å². The second kappa shape index (κ2) is 7.94. The second-order valence-corrected chi connectivity index (χ2v) is 6.67. The van der Waals surface area contributed by atoms with Crippen molar-refractivity contribution >= 4 is 6.03 Å². The molecule has 0 saturated carbocycles. The van der Waals surface area contributed by atoms with Crippen LogP contribution in [0.5, 0.6) is 0 Å². The highest BCUT2D eigenvalue weighted by molar-refractivity contribution is 5.75. The molecule has 3 rings (SSSR count). The molecule has 2 N–H and O–H groups in total. The van der Waals surface area contributed by atoms with E-state index < -0.39 is 0 Å². The molecule has 0 spiro atoms. The second-order valence-electron chi connectivity index (χ2n) is 6.67. The monoisotopic (exact) mass is 336 g/mol. The van der Waals surface area contributed by atoms with Gasteiger partial charge in [-0.2, -0.15) is 0 Å². The lowest BCUT2D eigenvalue weighted by Gasteiger charge is -2.34. The number of ether oxygens (including phenoxy) is 1. The van der Waals surface area contributed by atoms with Gasteiger partial charge in [0.15, 0.2) is 0 Å². The Bertz CT molecular complexity index is 546. The van der Waals surface area contributed by atoms with Crippen LogP contribution in [0.2, 0.25) is 0 Å². The number of amides is 2. The van der Waals surface area contributed by atoms with Crippen LogP contribution in [0.3, 0.4) is 0 Å². The van der Waals surface area contributed by atoms with Crippen molar-refractivity contribution in [1.82, 2.24) is 10.2 Å². The summed E-state index contributed by atoms with van der Waals surface area (Å²) < 4.78 is 19.0. The Kier molecular flexibility index (Phi) is 5.68. The molecule has 0 bridgehead atoms. The number of piperidine rings is 1. The number of nitrogens with one attached hydrogen (secondary N) is 1. The fourth-order valence-electron chi connectivity index (χ4n) is 3.55. The maximum atomic E-state index is 13.2. The van der Waals surface area contributed by atoms with Crippen molar-refractivity contribution in [2.75, 3.05) is 26.3 Å². The minimum atomic E-state index is -0.294. The van der Waals surface area contributed by atoms with Crippen molar-refractivity contribution in [3.8, 4) is 0 Å². The van der Waals surface area contributed by atoms with Gasteiger partial charge in [-0.25, -0.2) is 9.18 Å². The average Bonchev–Trinajstić information content (AvgIpc) is 3.15. The Morgan fingerprint density at radius 3 is 2.79 bits per heavy atom. The van der Waals surface area contributed by atoms with Gasteiger partial charge in [0, 0.05) is 26.3 Å². The summed E-state index contributed by atoms with van der Waals surface area (Å²) in [7, 11) is 0. The minimum Gasteiger partial charge on any atom is -0.396 e. The van der Waals surface area contributed by atoms with Crippen LogP contribution in [0.1, 0.15) is 37.3 Å². The molecule has 0 radical (unpaired) electrons. The van der Waals surface area contributed by atoms with Crippen LogP contribution in [-0.2, 0) is 4.74 Å². The van der Waals surface area contributed by atoms with Crippen LogP contribution < -0.4 is 5.32 Å². The van der Waals surface area contributed by atoms with E-state index in [1.54, 1.807) is 17.0 Å². The van der Waals surface area contributed by atoms with E-state index in [1.807, 2.05) is 0 Å². The van der Waals surface area contributed by atoms with E-state index in [9.17, 15) is 14.3 Å². The summed E-state index contributed by atoms with van der Waals surface area (Å²) in [6.07, 6.45) is 3.61. The van der Waals surface area contributed by atoms with Crippen LogP contribution in [-0.4, -0.2) is 48.4 Å². The molecule has 6 heteroatoms. The van der Waals surface area contributed by atoms with Crippen LogP contribution in [0.15, 0.2) is 24.3 Å². The molecule has 1 aromatic carbocycles. The Morgan fingerprint density at radius 2 is 2.12 bits per heavy atom. The van der Waals surface area contributed by atoms with Gasteiger partial charge in [0.25, 0.3) is 0 Å². The van der Waals surface area contributed by atoms with Gasteiger partial charge in [-0.15, -0.1) is 0 Å². The summed E-state index contributed by atoms with van der Waals surface area (Å²) >= 11 is 0. The summed E-state index contributed by atoms with van der Waals surface area (Å²) in [6, 6.07) is 5.80. The first-order valence-corrected chi connectivity index (χ1v) is 8.70. The Labute approximate surface area is 141 Å². The number of nitrogens with zero attached hydrogens (tertiary/aromatic N) is 1. The molecule has 24 heavy (non-hydrogen) atoms. The molecule has 3 unspecified atom stereocenters. The zero-order chi connectivity index (χ0) is 16.9. The number of carbonyl (C=O) groups excluding carboxylic acids is 1. The minimum absolute atomic E-state index is 0.0853. The lowest BCUT2D eigenvalue weighted by molar-refractivity contribution is 0.0746. The van der Waals surface area contributed by atoms with Crippen molar-refractivity contribution in [2.24, 2.45) is 5.92 Å². The predicted molar refractivity (Wildman–Crippen MR) is 88.0 cm³/mol. The van der Waals surface area contributed by atoms with Gasteiger partial charge in [-0.3, -0.25) is 0 Å². The van der Waals surface area contributed by atoms with E-state index in [0.29, 0.717) is 19.7 Å². The van der Waals surface area contributed by atoms with Gasteiger partial charge in [0.2, 0.25) is 0 Å². The number of rotatable bonds is 4. The molecule has 2 fully saturated rings. The Balaban J connectivity index is 1.71. The number of aliphatic hydroxyl groups is 1. The highest BCUT2D eigenvalue weighted by atomic mass is 19.1. The van der Waals surface area contributed by atoms with E-state index in [2.05, 4.69) is 5.32 Å². The van der Waals surface area contributed by atoms with Gasteiger partial charge < -0.3 is 20.1 Å². The van der Waals surface area contributed by atoms with Crippen molar-refractivity contribution in [2.45, 2.75) is 37.8 Å². The topological polar surface area (TPSA) is 61.8 Å². The first-order valence-electron chi connectivity index (χ1n) is 8.70. The lowest BCUT2D eigenvalue weighted by Crippen LogP contribution is -2.48. The van der Waals surface area contributed by atoms with Crippen LogP contribution in [0.25, 0.3) is 0 Å². The molecule has 2 heterocycles. The molecule has 132 valence electrons. The fourth-order valence-corrected chi connectivity index (χ4v) is 3.55. The molecule has 5 nitrogen and oxygen atoms in total. The number of aliphatic hydroxyl groups excluding tert-OH is 1. The maximum Gasteiger partial charge on any atom is 0.317 e. The summed E-state index contributed by atoms with van der Waals surface area (Å²) in [5, 5.41) is 12.4. The number of urea groups is 1. The Hall–Kier alpha value is -1.66. The smallest absolute Gasteiger partial charge is 0.317 e. The summed E-state index contributed by atoms with van der Waals surface area (Å²) in [5.74, 6) is -0.144. The summed E-state index contributed by atoms with van der Waals surface area (Å²) in [5.41, 5.74) is 0.854. The molecule has 2 aliphatic rings. The first kappa shape index (κ1) is 17.2. The van der Waals surface area contributed by atoms with Gasteiger partial charge in [0.1, 0.15) is 5.82 Å². The van der Waals surface area contributed by atoms with E-state index >= 15 is 0 Å². The molecule has 1 aromatic rings. The van der Waals surface area contributed by atoms with Crippen molar-refractivity contribution in [3.05, 3.63) is 35.6 Å². The van der Waals surface area contributed by atoms with Gasteiger partial charge in [-0.05, 0) is 49.3 Å². The SMILES string of the molecule is O=C(NC(c1ccc(F)cc1)C1CCCO1)N1CCCC(CO)C1. The Morgan fingerprint density at radius 1 is 1.33 bits per heavy atom. The number of halogens is 1. The quantitative estimate of drug-likeness (QED) is 0.888. The molecule has 2 aliphatic heterocycles. The predicted octanol–water partition coefficient (Wildman–Crippen LogP) is 2.46. The van der Waals surface area contributed by atoms with Gasteiger partial charge in [-0.1, -0.05) is 12.1 Å². The van der Waals surface area contributed by atoms with Gasteiger partial charge >= 0.3 is 6.03 Å². The number of carbonyl (C=O) groups is 1. The number of benzene rings is 1. The number of hydrogen-bond donors (Lipinski definition) is 2. The number of hydrogen-bond acceptors (Lipinski definition) is 3. The summed E-state index contributed by atoms with van der Waals surface area (Å²) in [6.45, 7) is 2.07. The third kappa shape index (κ3) is 4.05. The summed E-state index contributed by atoms with van der Waals surface area (Å²) in [4.78, 5) is 14.4. The van der Waals surface area contributed by atoms with Crippen molar-refractivity contribution in [3.63, 3.8) is 0 Å². The van der Waals surface area contributed by atoms with Crippen molar-refractivity contribution < 1.29 is 19.0 Å². The zero-order valence-corrected chi connectivity index (χ0v) is 13.8. The normalized spacial score (nSPS) is 25.5. The fraction of sp³-hybridized carbons (Fsp3) is 0.611. The van der Waals surface area contributed by atoms with E-state index in [0.717, 1.165) is 31.2 Å². The standard InChI is InChI=1S/C18H25FN2O3/c19-15-7-5-14(6-8-15)17(16-4-2-10-24-16)20-18(23)21-9-1-3-13(11-21)12-22/h5-8,13,16-17,22H,1-4,9-12H2,(H,20,23). The van der Waals surface area contributed by atoms with Crippen LogP contribution in [0, 0.1) is 11.7 Å². The van der Waals surface area contributed by atoms with E-state index in [-0.39, 0.29) is 36.5 Å². The average molecular weight is 336 g/mol. The third-order valence-electron chi connectivity index (χ3n) is 4.91. The molecular weight excluding hydrogens is 311 g/mol.